The number of amides is 1. The molecule has 23 heavy (non-hydrogen) atoms. The summed E-state index contributed by atoms with van der Waals surface area (Å²) < 4.78 is 7.30. The topological polar surface area (TPSA) is 62.1 Å². The molecule has 0 saturated heterocycles. The van der Waals surface area contributed by atoms with Crippen LogP contribution in [0.25, 0.3) is 6.08 Å². The van der Waals surface area contributed by atoms with Gasteiger partial charge in [-0.2, -0.15) is 5.26 Å². The van der Waals surface area contributed by atoms with Gasteiger partial charge in [0.2, 0.25) is 0 Å². The summed E-state index contributed by atoms with van der Waals surface area (Å²) in [5.74, 6) is 0.195. The molecule has 0 unspecified atom stereocenters. The van der Waals surface area contributed by atoms with Gasteiger partial charge in [-0.15, -0.1) is 0 Å². The lowest BCUT2D eigenvalue weighted by molar-refractivity contribution is -0.112. The predicted molar refractivity (Wildman–Crippen MR) is 107 cm³/mol. The van der Waals surface area contributed by atoms with Crippen LogP contribution in [0.3, 0.4) is 0 Å². The summed E-state index contributed by atoms with van der Waals surface area (Å²) >= 11 is 4.35. The SMILES string of the molecule is COc1c(I)cc(I)cc1/C=C(\C#N)C(=O)Nc1ccccc1. The number of rotatable bonds is 4. The van der Waals surface area contributed by atoms with Crippen LogP contribution < -0.4 is 10.1 Å². The van der Waals surface area contributed by atoms with Gasteiger partial charge < -0.3 is 10.1 Å². The molecule has 2 aromatic rings. The molecule has 0 heterocycles. The van der Waals surface area contributed by atoms with Gasteiger partial charge in [0.1, 0.15) is 17.4 Å². The Morgan fingerprint density at radius 1 is 1.26 bits per heavy atom. The van der Waals surface area contributed by atoms with E-state index in [4.69, 9.17) is 4.74 Å². The van der Waals surface area contributed by atoms with Crippen LogP contribution in [0, 0.1) is 18.5 Å². The fourth-order valence-corrected chi connectivity index (χ4v) is 4.04. The van der Waals surface area contributed by atoms with Crippen molar-refractivity contribution in [3.05, 3.63) is 60.7 Å². The smallest absolute Gasteiger partial charge is 0.266 e. The van der Waals surface area contributed by atoms with Crippen LogP contribution in [0.5, 0.6) is 5.75 Å². The van der Waals surface area contributed by atoms with E-state index in [-0.39, 0.29) is 5.57 Å². The number of nitrogens with one attached hydrogen (secondary N) is 1. The van der Waals surface area contributed by atoms with Gasteiger partial charge in [0, 0.05) is 14.8 Å². The molecule has 0 bridgehead atoms. The van der Waals surface area contributed by atoms with Gasteiger partial charge in [0.15, 0.2) is 0 Å². The highest BCUT2D eigenvalue weighted by Gasteiger charge is 2.13. The number of halogens is 2. The first kappa shape index (κ1) is 17.7. The Hall–Kier alpha value is -1.60. The molecule has 0 atom stereocenters. The van der Waals surface area contributed by atoms with Crippen molar-refractivity contribution in [3.63, 3.8) is 0 Å². The molecule has 0 aliphatic carbocycles. The summed E-state index contributed by atoms with van der Waals surface area (Å²) in [5, 5.41) is 12.0. The Labute approximate surface area is 161 Å². The van der Waals surface area contributed by atoms with Crippen LogP contribution in [-0.2, 0) is 4.79 Å². The third-order valence-electron chi connectivity index (χ3n) is 2.94. The molecule has 0 saturated carbocycles. The maximum atomic E-state index is 12.3. The first-order chi connectivity index (χ1) is 11.0. The van der Waals surface area contributed by atoms with Crippen molar-refractivity contribution in [3.8, 4) is 11.8 Å². The van der Waals surface area contributed by atoms with Gasteiger partial charge in [-0.1, -0.05) is 18.2 Å². The standard InChI is InChI=1S/C17H12I2N2O2/c1-23-16-11(8-13(18)9-15(16)19)7-12(10-20)17(22)21-14-5-3-2-4-6-14/h2-9H,1H3,(H,21,22)/b12-7+. The molecular weight excluding hydrogens is 518 g/mol. The van der Waals surface area contributed by atoms with Crippen LogP contribution in [-0.4, -0.2) is 13.0 Å². The minimum atomic E-state index is -0.449. The average molecular weight is 530 g/mol. The molecule has 4 nitrogen and oxygen atoms in total. The lowest BCUT2D eigenvalue weighted by atomic mass is 10.1. The first-order valence-corrected chi connectivity index (χ1v) is 8.72. The Morgan fingerprint density at radius 3 is 2.57 bits per heavy atom. The third kappa shape index (κ3) is 4.68. The minimum Gasteiger partial charge on any atom is -0.495 e. The maximum absolute atomic E-state index is 12.3. The number of carbonyl (C=O) groups excluding carboxylic acids is 1. The molecule has 0 spiro atoms. The van der Waals surface area contributed by atoms with Crippen molar-refractivity contribution in [1.29, 1.82) is 5.26 Å². The Kier molecular flexibility index (Phi) is 6.41. The van der Waals surface area contributed by atoms with Crippen molar-refractivity contribution in [2.45, 2.75) is 0 Å². The fourth-order valence-electron chi connectivity index (χ4n) is 1.93. The van der Waals surface area contributed by atoms with Crippen LogP contribution >= 0.6 is 45.2 Å². The summed E-state index contributed by atoms with van der Waals surface area (Å²) in [7, 11) is 1.57. The maximum Gasteiger partial charge on any atom is 0.266 e. The number of methoxy groups -OCH3 is 1. The molecule has 0 aliphatic rings. The second-order valence-electron chi connectivity index (χ2n) is 4.50. The molecule has 2 aromatic carbocycles. The van der Waals surface area contributed by atoms with E-state index in [1.165, 1.54) is 0 Å². The fraction of sp³-hybridized carbons (Fsp3) is 0.0588. The van der Waals surface area contributed by atoms with E-state index in [0.717, 1.165) is 7.14 Å². The Morgan fingerprint density at radius 2 is 1.96 bits per heavy atom. The van der Waals surface area contributed by atoms with Gasteiger partial charge in [0.05, 0.1) is 10.7 Å². The van der Waals surface area contributed by atoms with E-state index in [1.54, 1.807) is 25.3 Å². The normalized spacial score (nSPS) is 10.8. The summed E-state index contributed by atoms with van der Waals surface area (Å²) in [6.07, 6.45) is 1.54. The third-order valence-corrected chi connectivity index (χ3v) is 4.36. The zero-order valence-electron chi connectivity index (χ0n) is 12.1. The van der Waals surface area contributed by atoms with Crippen molar-refractivity contribution < 1.29 is 9.53 Å². The van der Waals surface area contributed by atoms with E-state index in [2.05, 4.69) is 50.5 Å². The number of hydrogen-bond acceptors (Lipinski definition) is 3. The zero-order valence-corrected chi connectivity index (χ0v) is 16.5. The van der Waals surface area contributed by atoms with Gasteiger partial charge in [-0.3, -0.25) is 4.79 Å². The van der Waals surface area contributed by atoms with Gasteiger partial charge in [0.25, 0.3) is 5.91 Å². The van der Waals surface area contributed by atoms with Crippen molar-refractivity contribution in [1.82, 2.24) is 0 Å². The monoisotopic (exact) mass is 530 g/mol. The molecule has 0 aromatic heterocycles. The molecule has 1 N–H and O–H groups in total. The number of ether oxygens (including phenoxy) is 1. The number of carbonyl (C=O) groups is 1. The van der Waals surface area contributed by atoms with E-state index in [0.29, 0.717) is 17.0 Å². The average Bonchev–Trinajstić information content (AvgIpc) is 2.53. The van der Waals surface area contributed by atoms with Gasteiger partial charge >= 0.3 is 0 Å². The number of benzene rings is 2. The van der Waals surface area contributed by atoms with Crippen molar-refractivity contribution in [2.75, 3.05) is 12.4 Å². The number of nitrogens with zero attached hydrogens (tertiary/aromatic N) is 1. The van der Waals surface area contributed by atoms with E-state index in [1.807, 2.05) is 36.4 Å². The molecule has 0 fully saturated rings. The molecular formula is C17H12I2N2O2. The quantitative estimate of drug-likeness (QED) is 0.361. The number of hydrogen-bond donors (Lipinski definition) is 1. The van der Waals surface area contributed by atoms with Gasteiger partial charge in [-0.05, 0) is 75.5 Å². The van der Waals surface area contributed by atoms with E-state index in [9.17, 15) is 10.1 Å². The molecule has 6 heteroatoms. The lowest BCUT2D eigenvalue weighted by Crippen LogP contribution is -2.13. The first-order valence-electron chi connectivity index (χ1n) is 6.56. The molecule has 116 valence electrons. The summed E-state index contributed by atoms with van der Waals surface area (Å²) in [6, 6.07) is 14.8. The Balaban J connectivity index is 2.36. The molecule has 2 rings (SSSR count). The number of anilines is 1. The van der Waals surface area contributed by atoms with Crippen molar-refractivity contribution >= 4 is 62.9 Å². The largest absolute Gasteiger partial charge is 0.495 e. The van der Waals surface area contributed by atoms with Crippen LogP contribution in [0.1, 0.15) is 5.56 Å². The highest BCUT2D eigenvalue weighted by Crippen LogP contribution is 2.30. The second-order valence-corrected chi connectivity index (χ2v) is 6.91. The molecule has 0 radical (unpaired) electrons. The van der Waals surface area contributed by atoms with Crippen molar-refractivity contribution in [2.24, 2.45) is 0 Å². The zero-order chi connectivity index (χ0) is 16.8. The second kappa shape index (κ2) is 8.31. The van der Waals surface area contributed by atoms with E-state index >= 15 is 0 Å². The lowest BCUT2D eigenvalue weighted by Gasteiger charge is -2.09. The number of para-hydroxylation sites is 1. The van der Waals surface area contributed by atoms with Crippen LogP contribution in [0.2, 0.25) is 0 Å². The molecule has 1 amide bonds. The van der Waals surface area contributed by atoms with E-state index < -0.39 is 5.91 Å². The highest BCUT2D eigenvalue weighted by molar-refractivity contribution is 14.1. The molecule has 0 aliphatic heterocycles. The predicted octanol–water partition coefficient (Wildman–Crippen LogP) is 4.45. The summed E-state index contributed by atoms with van der Waals surface area (Å²) in [6.45, 7) is 0. The van der Waals surface area contributed by atoms with Crippen LogP contribution in [0.15, 0.2) is 48.0 Å². The Bertz CT molecular complexity index is 796. The summed E-state index contributed by atoms with van der Waals surface area (Å²) in [5.41, 5.74) is 1.36. The minimum absolute atomic E-state index is 0.0185. The van der Waals surface area contributed by atoms with Gasteiger partial charge in [-0.25, -0.2) is 0 Å². The summed E-state index contributed by atoms with van der Waals surface area (Å²) in [4.78, 5) is 12.3. The number of nitriles is 1. The highest BCUT2D eigenvalue weighted by atomic mass is 127. The van der Waals surface area contributed by atoms with Crippen LogP contribution in [0.4, 0.5) is 5.69 Å².